The number of hydrogen-bond donors (Lipinski definition) is 0. The number of ether oxygens (including phenoxy) is 2. The van der Waals surface area contributed by atoms with Gasteiger partial charge in [0.25, 0.3) is 0 Å². The largest absolute Gasteiger partial charge is 0.496 e. The summed E-state index contributed by atoms with van der Waals surface area (Å²) in [5, 5.41) is 17.4. The van der Waals surface area contributed by atoms with Gasteiger partial charge in [-0.2, -0.15) is 10.5 Å². The summed E-state index contributed by atoms with van der Waals surface area (Å²) in [6.07, 6.45) is 1.46. The Labute approximate surface area is 111 Å². The van der Waals surface area contributed by atoms with E-state index in [1.807, 2.05) is 0 Å². The molecule has 5 nitrogen and oxygen atoms in total. The van der Waals surface area contributed by atoms with Crippen LogP contribution in [0.4, 0.5) is 0 Å². The number of hydrogen-bond acceptors (Lipinski definition) is 5. The van der Waals surface area contributed by atoms with E-state index < -0.39 is 5.97 Å². The first-order valence-corrected chi connectivity index (χ1v) is 5.43. The molecule has 0 saturated heterocycles. The fourth-order valence-corrected chi connectivity index (χ4v) is 1.44. The molecule has 5 heteroatoms. The Balaban J connectivity index is 3.09. The van der Waals surface area contributed by atoms with Gasteiger partial charge in [-0.15, -0.1) is 0 Å². The lowest BCUT2D eigenvalue weighted by atomic mass is 10.1. The van der Waals surface area contributed by atoms with Crippen LogP contribution in [0.15, 0.2) is 23.8 Å². The smallest absolute Gasteiger partial charge is 0.302 e. The van der Waals surface area contributed by atoms with Gasteiger partial charge in [-0.25, -0.2) is 0 Å². The number of nitriles is 2. The van der Waals surface area contributed by atoms with Crippen LogP contribution in [0.5, 0.6) is 5.75 Å². The molecule has 0 amide bonds. The molecule has 1 aromatic carbocycles. The third-order valence-electron chi connectivity index (χ3n) is 2.29. The van der Waals surface area contributed by atoms with E-state index >= 15 is 0 Å². The van der Waals surface area contributed by atoms with Gasteiger partial charge in [-0.1, -0.05) is 6.07 Å². The first-order valence-electron chi connectivity index (χ1n) is 5.43. The summed E-state index contributed by atoms with van der Waals surface area (Å²) in [5.74, 6) is 0.187. The van der Waals surface area contributed by atoms with E-state index in [1.54, 1.807) is 30.3 Å². The Morgan fingerprint density at radius 3 is 2.58 bits per heavy atom. The van der Waals surface area contributed by atoms with Crippen molar-refractivity contribution in [2.75, 3.05) is 7.11 Å². The third kappa shape index (κ3) is 4.18. The molecule has 0 saturated carbocycles. The van der Waals surface area contributed by atoms with E-state index in [1.165, 1.54) is 20.1 Å². The van der Waals surface area contributed by atoms with Crippen molar-refractivity contribution in [1.82, 2.24) is 0 Å². The van der Waals surface area contributed by atoms with Crippen molar-refractivity contribution in [3.8, 4) is 17.9 Å². The molecular weight excluding hydrogens is 244 g/mol. The second kappa shape index (κ2) is 6.83. The van der Waals surface area contributed by atoms with Gasteiger partial charge in [0, 0.05) is 12.5 Å². The van der Waals surface area contributed by atoms with E-state index in [0.29, 0.717) is 16.9 Å². The van der Waals surface area contributed by atoms with E-state index in [2.05, 4.69) is 0 Å². The number of allylic oxidation sites excluding steroid dienone is 1. The number of benzene rings is 1. The van der Waals surface area contributed by atoms with Crippen LogP contribution in [-0.2, 0) is 16.1 Å². The monoisotopic (exact) mass is 256 g/mol. The number of carbonyl (C=O) groups excluding carboxylic acids is 1. The molecule has 96 valence electrons. The van der Waals surface area contributed by atoms with E-state index in [-0.39, 0.29) is 12.2 Å². The highest BCUT2D eigenvalue weighted by atomic mass is 16.5. The summed E-state index contributed by atoms with van der Waals surface area (Å²) < 4.78 is 10.1. The van der Waals surface area contributed by atoms with Gasteiger partial charge in [0.2, 0.25) is 0 Å². The van der Waals surface area contributed by atoms with Gasteiger partial charge in [0.15, 0.2) is 0 Å². The zero-order valence-corrected chi connectivity index (χ0v) is 10.6. The van der Waals surface area contributed by atoms with E-state index in [0.717, 1.165) is 0 Å². The van der Waals surface area contributed by atoms with Crippen molar-refractivity contribution in [3.05, 3.63) is 34.9 Å². The van der Waals surface area contributed by atoms with E-state index in [9.17, 15) is 4.79 Å². The summed E-state index contributed by atoms with van der Waals surface area (Å²) in [7, 11) is 1.51. The molecule has 1 rings (SSSR count). The van der Waals surface area contributed by atoms with Crippen molar-refractivity contribution < 1.29 is 14.3 Å². The molecule has 0 aromatic heterocycles. The molecule has 0 aliphatic heterocycles. The maximum absolute atomic E-state index is 10.8. The second-order valence-electron chi connectivity index (χ2n) is 3.63. The Morgan fingerprint density at radius 2 is 2.05 bits per heavy atom. The Bertz CT molecular complexity index is 576. The molecule has 19 heavy (non-hydrogen) atoms. The minimum atomic E-state index is -0.391. The summed E-state index contributed by atoms with van der Waals surface area (Å²) in [4.78, 5) is 10.8. The zero-order valence-electron chi connectivity index (χ0n) is 10.6. The lowest BCUT2D eigenvalue weighted by molar-refractivity contribution is -0.142. The van der Waals surface area contributed by atoms with Crippen LogP contribution in [0.25, 0.3) is 6.08 Å². The predicted octanol–water partition coefficient (Wildman–Crippen LogP) is 2.19. The lowest BCUT2D eigenvalue weighted by Crippen LogP contribution is -2.01. The van der Waals surface area contributed by atoms with Gasteiger partial charge < -0.3 is 9.47 Å². The number of methoxy groups -OCH3 is 1. The third-order valence-corrected chi connectivity index (χ3v) is 2.29. The average Bonchev–Trinajstić information content (AvgIpc) is 2.42. The first-order chi connectivity index (χ1) is 9.10. The molecule has 0 heterocycles. The molecule has 0 spiro atoms. The summed E-state index contributed by atoms with van der Waals surface area (Å²) >= 11 is 0. The quantitative estimate of drug-likeness (QED) is 0.609. The first kappa shape index (κ1) is 14.3. The molecular formula is C14H12N2O3. The van der Waals surface area contributed by atoms with Crippen molar-refractivity contribution >= 4 is 12.0 Å². The summed E-state index contributed by atoms with van der Waals surface area (Å²) in [6.45, 7) is 1.40. The molecule has 0 fully saturated rings. The maximum Gasteiger partial charge on any atom is 0.302 e. The normalized spacial score (nSPS) is 8.84. The average molecular weight is 256 g/mol. The predicted molar refractivity (Wildman–Crippen MR) is 67.7 cm³/mol. The van der Waals surface area contributed by atoms with Crippen LogP contribution in [0.1, 0.15) is 18.1 Å². The molecule has 0 bridgehead atoms. The summed E-state index contributed by atoms with van der Waals surface area (Å²) in [5.41, 5.74) is 1.34. The molecule has 0 atom stereocenters. The van der Waals surface area contributed by atoms with Gasteiger partial charge >= 0.3 is 5.97 Å². The Morgan fingerprint density at radius 1 is 1.37 bits per heavy atom. The molecule has 0 aliphatic carbocycles. The fraction of sp³-hybridized carbons (Fsp3) is 0.214. The highest BCUT2D eigenvalue weighted by molar-refractivity contribution is 5.66. The lowest BCUT2D eigenvalue weighted by Gasteiger charge is -2.09. The minimum Gasteiger partial charge on any atom is -0.496 e. The van der Waals surface area contributed by atoms with Crippen LogP contribution in [0, 0.1) is 22.7 Å². The van der Waals surface area contributed by atoms with Gasteiger partial charge in [0.1, 0.15) is 30.1 Å². The maximum atomic E-state index is 10.8. The molecule has 0 aliphatic rings. The number of rotatable bonds is 4. The topological polar surface area (TPSA) is 83.1 Å². The van der Waals surface area contributed by atoms with Gasteiger partial charge in [0.05, 0.1) is 7.11 Å². The fourth-order valence-electron chi connectivity index (χ4n) is 1.44. The second-order valence-corrected chi connectivity index (χ2v) is 3.63. The SMILES string of the molecule is COc1ccc(C=C(C#N)C#N)cc1COC(C)=O. The van der Waals surface area contributed by atoms with Crippen molar-refractivity contribution in [2.45, 2.75) is 13.5 Å². The zero-order chi connectivity index (χ0) is 14.3. The van der Waals surface area contributed by atoms with Gasteiger partial charge in [-0.3, -0.25) is 4.79 Å². The highest BCUT2D eigenvalue weighted by Crippen LogP contribution is 2.22. The van der Waals surface area contributed by atoms with Crippen LogP contribution in [0.3, 0.4) is 0 Å². The Kier molecular flexibility index (Phi) is 5.13. The van der Waals surface area contributed by atoms with Gasteiger partial charge in [-0.05, 0) is 23.8 Å². The standard InChI is InChI=1S/C14H12N2O3/c1-10(17)19-9-13-6-11(3-4-14(13)18-2)5-12(7-15)8-16/h3-6H,9H2,1-2H3. The van der Waals surface area contributed by atoms with E-state index in [4.69, 9.17) is 20.0 Å². The molecule has 1 aromatic rings. The highest BCUT2D eigenvalue weighted by Gasteiger charge is 2.06. The molecule has 0 N–H and O–H groups in total. The van der Waals surface area contributed by atoms with Crippen molar-refractivity contribution in [2.24, 2.45) is 0 Å². The van der Waals surface area contributed by atoms with Crippen molar-refractivity contribution in [3.63, 3.8) is 0 Å². The van der Waals surface area contributed by atoms with Crippen LogP contribution in [0.2, 0.25) is 0 Å². The van der Waals surface area contributed by atoms with Crippen LogP contribution >= 0.6 is 0 Å². The van der Waals surface area contributed by atoms with Crippen LogP contribution < -0.4 is 4.74 Å². The molecule has 0 unspecified atom stereocenters. The number of esters is 1. The number of nitrogens with zero attached hydrogens (tertiary/aromatic N) is 2. The molecule has 0 radical (unpaired) electrons. The minimum absolute atomic E-state index is 0.00334. The Hall–Kier alpha value is -2.79. The summed E-state index contributed by atoms with van der Waals surface area (Å²) in [6, 6.07) is 8.67. The number of carbonyl (C=O) groups is 1. The van der Waals surface area contributed by atoms with Crippen molar-refractivity contribution in [1.29, 1.82) is 10.5 Å². The van der Waals surface area contributed by atoms with Crippen LogP contribution in [-0.4, -0.2) is 13.1 Å².